The Bertz CT molecular complexity index is 1010. The molecule has 0 aliphatic rings. The van der Waals surface area contributed by atoms with Crippen molar-refractivity contribution in [2.24, 2.45) is 0 Å². The fourth-order valence-electron chi connectivity index (χ4n) is 2.63. The smallest absolute Gasteiger partial charge is 0.407 e. The number of rotatable bonds is 9. The first-order chi connectivity index (χ1) is 15.1. The summed E-state index contributed by atoms with van der Waals surface area (Å²) in [6.45, 7) is 2.76. The minimum Gasteiger partial charge on any atom is -0.489 e. The standard InChI is InChI=1S/C22H23N3O5S/c1-3-12-29-19-17(20(26)25-21-23-11-13-31-21)5-4-6-18(19)30-16-9-7-15(8-10-16)14-24-22(27)28-2/h4-11,13H,3,12,14H2,1-2H3,(H,24,27)(H,23,25,26). The Kier molecular flexibility index (Phi) is 7.83. The van der Waals surface area contributed by atoms with Crippen LogP contribution in [0.15, 0.2) is 54.0 Å². The number of benzene rings is 2. The fourth-order valence-corrected chi connectivity index (χ4v) is 3.15. The maximum absolute atomic E-state index is 12.8. The third-order valence-electron chi connectivity index (χ3n) is 4.10. The summed E-state index contributed by atoms with van der Waals surface area (Å²) in [6.07, 6.45) is 1.91. The van der Waals surface area contributed by atoms with E-state index in [0.29, 0.717) is 41.1 Å². The van der Waals surface area contributed by atoms with E-state index in [9.17, 15) is 9.59 Å². The molecule has 0 bridgehead atoms. The number of carbonyl (C=O) groups excluding carboxylic acids is 2. The highest BCUT2D eigenvalue weighted by Crippen LogP contribution is 2.35. The van der Waals surface area contributed by atoms with Crippen molar-refractivity contribution in [1.29, 1.82) is 0 Å². The first-order valence-corrected chi connectivity index (χ1v) is 10.5. The van der Waals surface area contributed by atoms with Crippen LogP contribution in [0.5, 0.6) is 17.2 Å². The topological polar surface area (TPSA) is 98.8 Å². The van der Waals surface area contributed by atoms with Gasteiger partial charge in [-0.05, 0) is 36.2 Å². The molecule has 0 aliphatic heterocycles. The number of nitrogens with zero attached hydrogens (tertiary/aromatic N) is 1. The molecule has 8 nitrogen and oxygen atoms in total. The highest BCUT2D eigenvalue weighted by atomic mass is 32.1. The fraction of sp³-hybridized carbons (Fsp3) is 0.227. The molecule has 2 N–H and O–H groups in total. The minimum atomic E-state index is -0.495. The maximum Gasteiger partial charge on any atom is 0.407 e. The Morgan fingerprint density at radius 1 is 1.13 bits per heavy atom. The van der Waals surface area contributed by atoms with E-state index in [1.165, 1.54) is 18.4 Å². The van der Waals surface area contributed by atoms with Gasteiger partial charge in [-0.1, -0.05) is 25.1 Å². The van der Waals surface area contributed by atoms with Gasteiger partial charge in [-0.2, -0.15) is 0 Å². The van der Waals surface area contributed by atoms with E-state index in [0.717, 1.165) is 12.0 Å². The van der Waals surface area contributed by atoms with E-state index in [2.05, 4.69) is 20.4 Å². The number of carbonyl (C=O) groups is 2. The third kappa shape index (κ3) is 6.19. The van der Waals surface area contributed by atoms with Crippen LogP contribution < -0.4 is 20.1 Å². The molecule has 0 spiro atoms. The van der Waals surface area contributed by atoms with Gasteiger partial charge in [0.25, 0.3) is 5.91 Å². The number of nitrogens with one attached hydrogen (secondary N) is 2. The van der Waals surface area contributed by atoms with Crippen LogP contribution in [0.3, 0.4) is 0 Å². The summed E-state index contributed by atoms with van der Waals surface area (Å²) in [4.78, 5) is 28.1. The molecule has 0 saturated heterocycles. The van der Waals surface area contributed by atoms with Crippen LogP contribution in [-0.2, 0) is 11.3 Å². The van der Waals surface area contributed by atoms with Crippen LogP contribution in [0.4, 0.5) is 9.93 Å². The highest BCUT2D eigenvalue weighted by Gasteiger charge is 2.19. The molecule has 0 atom stereocenters. The lowest BCUT2D eigenvalue weighted by Crippen LogP contribution is -2.22. The first-order valence-electron chi connectivity index (χ1n) is 9.66. The van der Waals surface area contributed by atoms with E-state index in [4.69, 9.17) is 9.47 Å². The maximum atomic E-state index is 12.8. The van der Waals surface area contributed by atoms with Crippen molar-refractivity contribution in [3.63, 3.8) is 0 Å². The lowest BCUT2D eigenvalue weighted by molar-refractivity contribution is 0.102. The summed E-state index contributed by atoms with van der Waals surface area (Å²) < 4.78 is 16.4. The van der Waals surface area contributed by atoms with Gasteiger partial charge in [0.15, 0.2) is 16.6 Å². The summed E-state index contributed by atoms with van der Waals surface area (Å²) >= 11 is 1.34. The largest absolute Gasteiger partial charge is 0.489 e. The predicted octanol–water partition coefficient (Wildman–Crippen LogP) is 4.83. The Morgan fingerprint density at radius 2 is 1.94 bits per heavy atom. The number of aromatic nitrogens is 1. The number of hydrogen-bond acceptors (Lipinski definition) is 7. The van der Waals surface area contributed by atoms with Crippen LogP contribution >= 0.6 is 11.3 Å². The summed E-state index contributed by atoms with van der Waals surface area (Å²) in [5, 5.41) is 7.68. The normalized spacial score (nSPS) is 10.3. The van der Waals surface area contributed by atoms with E-state index in [-0.39, 0.29) is 5.91 Å². The number of hydrogen-bond donors (Lipinski definition) is 2. The second-order valence-electron chi connectivity index (χ2n) is 6.36. The second kappa shape index (κ2) is 11.0. The number of amides is 2. The van der Waals surface area contributed by atoms with Crippen LogP contribution in [0, 0.1) is 0 Å². The quantitative estimate of drug-likeness (QED) is 0.493. The van der Waals surface area contributed by atoms with Crippen molar-refractivity contribution >= 4 is 28.5 Å². The van der Waals surface area contributed by atoms with Crippen LogP contribution in [-0.4, -0.2) is 30.7 Å². The molecule has 31 heavy (non-hydrogen) atoms. The van der Waals surface area contributed by atoms with Gasteiger partial charge in [0.05, 0.1) is 19.3 Å². The van der Waals surface area contributed by atoms with E-state index < -0.39 is 6.09 Å². The zero-order valence-electron chi connectivity index (χ0n) is 17.2. The summed E-state index contributed by atoms with van der Waals surface area (Å²) in [5.41, 5.74) is 1.25. The van der Waals surface area contributed by atoms with E-state index in [1.54, 1.807) is 41.9 Å². The van der Waals surface area contributed by atoms with E-state index >= 15 is 0 Å². The van der Waals surface area contributed by atoms with E-state index in [1.807, 2.05) is 19.1 Å². The van der Waals surface area contributed by atoms with Crippen molar-refractivity contribution in [2.45, 2.75) is 19.9 Å². The number of para-hydroxylation sites is 1. The van der Waals surface area contributed by atoms with Crippen LogP contribution in [0.25, 0.3) is 0 Å². The predicted molar refractivity (Wildman–Crippen MR) is 118 cm³/mol. The average Bonchev–Trinajstić information content (AvgIpc) is 3.30. The molecular formula is C22H23N3O5S. The lowest BCUT2D eigenvalue weighted by Gasteiger charge is -2.16. The SMILES string of the molecule is CCCOc1c(Oc2ccc(CNC(=O)OC)cc2)cccc1C(=O)Nc1nccs1. The molecule has 0 fully saturated rings. The van der Waals surface area contributed by atoms with Gasteiger partial charge in [0.1, 0.15) is 5.75 Å². The zero-order chi connectivity index (χ0) is 22.1. The monoisotopic (exact) mass is 441 g/mol. The number of alkyl carbamates (subject to hydrolysis) is 1. The van der Waals surface area contributed by atoms with Gasteiger partial charge in [0.2, 0.25) is 0 Å². The number of methoxy groups -OCH3 is 1. The molecule has 1 heterocycles. The molecule has 3 rings (SSSR count). The number of ether oxygens (including phenoxy) is 3. The molecule has 1 aromatic heterocycles. The first kappa shape index (κ1) is 22.1. The Balaban J connectivity index is 1.78. The number of thiazole rings is 1. The minimum absolute atomic E-state index is 0.323. The Labute approximate surface area is 184 Å². The summed E-state index contributed by atoms with van der Waals surface area (Å²) in [6, 6.07) is 12.4. The molecule has 2 amide bonds. The summed E-state index contributed by atoms with van der Waals surface area (Å²) in [5.74, 6) is 1.05. The lowest BCUT2D eigenvalue weighted by atomic mass is 10.1. The third-order valence-corrected chi connectivity index (χ3v) is 4.79. The Morgan fingerprint density at radius 3 is 2.61 bits per heavy atom. The van der Waals surface area contributed by atoms with Crippen LogP contribution in [0.2, 0.25) is 0 Å². The van der Waals surface area contributed by atoms with Crippen molar-refractivity contribution in [3.8, 4) is 17.2 Å². The zero-order valence-corrected chi connectivity index (χ0v) is 18.0. The second-order valence-corrected chi connectivity index (χ2v) is 7.26. The van der Waals surface area contributed by atoms with Crippen molar-refractivity contribution in [1.82, 2.24) is 10.3 Å². The summed E-state index contributed by atoms with van der Waals surface area (Å²) in [7, 11) is 1.32. The average molecular weight is 442 g/mol. The molecule has 0 aliphatic carbocycles. The molecule has 9 heteroatoms. The number of anilines is 1. The van der Waals surface area contributed by atoms with Gasteiger partial charge in [-0.15, -0.1) is 11.3 Å². The molecule has 162 valence electrons. The molecular weight excluding hydrogens is 418 g/mol. The molecule has 0 radical (unpaired) electrons. The molecule has 0 saturated carbocycles. The van der Waals surface area contributed by atoms with Gasteiger partial charge in [-0.3, -0.25) is 10.1 Å². The van der Waals surface area contributed by atoms with Crippen LogP contribution in [0.1, 0.15) is 29.3 Å². The molecule has 3 aromatic rings. The molecule has 0 unspecified atom stereocenters. The van der Waals surface area contributed by atoms with Crippen molar-refractivity contribution in [2.75, 3.05) is 19.0 Å². The highest BCUT2D eigenvalue weighted by molar-refractivity contribution is 7.13. The van der Waals surface area contributed by atoms with Gasteiger partial charge in [0, 0.05) is 18.1 Å². The van der Waals surface area contributed by atoms with Gasteiger partial charge < -0.3 is 19.5 Å². The van der Waals surface area contributed by atoms with Crippen molar-refractivity contribution in [3.05, 3.63) is 65.2 Å². The van der Waals surface area contributed by atoms with Gasteiger partial charge >= 0.3 is 6.09 Å². The van der Waals surface area contributed by atoms with Crippen molar-refractivity contribution < 1.29 is 23.8 Å². The van der Waals surface area contributed by atoms with Gasteiger partial charge in [-0.25, -0.2) is 9.78 Å². The molecule has 2 aromatic carbocycles. The Hall–Kier alpha value is -3.59.